The maximum Gasteiger partial charge on any atom is 0.162 e. The first-order valence-electron chi connectivity index (χ1n) is 6.61. The first kappa shape index (κ1) is 12.8. The van der Waals surface area contributed by atoms with Crippen LogP contribution in [0.2, 0.25) is 0 Å². The highest BCUT2D eigenvalue weighted by molar-refractivity contribution is 7.14. The van der Waals surface area contributed by atoms with E-state index in [0.29, 0.717) is 12.0 Å². The standard InChI is InChI=1S/C14H19N3OS/c1-9-6-17(8-12(9)15)7-11-5-16-14(19-11)13-4-3-10(2)18-13/h3-5,9,12H,6-8,15H2,1-2H3. The van der Waals surface area contributed by atoms with E-state index >= 15 is 0 Å². The van der Waals surface area contributed by atoms with E-state index in [9.17, 15) is 0 Å². The Balaban J connectivity index is 1.69. The molecule has 1 saturated heterocycles. The molecule has 0 aliphatic carbocycles. The number of aryl methyl sites for hydroxylation is 1. The number of thiazole rings is 1. The van der Waals surface area contributed by atoms with Crippen molar-refractivity contribution in [2.24, 2.45) is 11.7 Å². The van der Waals surface area contributed by atoms with Gasteiger partial charge in [-0.3, -0.25) is 4.90 Å². The van der Waals surface area contributed by atoms with Crippen LogP contribution >= 0.6 is 11.3 Å². The molecule has 1 aliphatic rings. The Labute approximate surface area is 117 Å². The van der Waals surface area contributed by atoms with E-state index in [2.05, 4.69) is 16.8 Å². The maximum atomic E-state index is 6.05. The van der Waals surface area contributed by atoms with Crippen molar-refractivity contribution < 1.29 is 4.42 Å². The second kappa shape index (κ2) is 5.07. The number of furan rings is 1. The van der Waals surface area contributed by atoms with Crippen LogP contribution in [0.5, 0.6) is 0 Å². The van der Waals surface area contributed by atoms with Crippen molar-refractivity contribution in [3.8, 4) is 10.8 Å². The minimum atomic E-state index is 0.306. The van der Waals surface area contributed by atoms with Crippen LogP contribution in [0.25, 0.3) is 10.8 Å². The Morgan fingerprint density at radius 2 is 2.32 bits per heavy atom. The molecule has 1 aliphatic heterocycles. The van der Waals surface area contributed by atoms with Crippen molar-refractivity contribution in [1.82, 2.24) is 9.88 Å². The van der Waals surface area contributed by atoms with Crippen LogP contribution in [0.15, 0.2) is 22.7 Å². The highest BCUT2D eigenvalue weighted by Crippen LogP contribution is 2.28. The van der Waals surface area contributed by atoms with Crippen molar-refractivity contribution in [3.63, 3.8) is 0 Å². The van der Waals surface area contributed by atoms with Gasteiger partial charge in [-0.2, -0.15) is 0 Å². The minimum absolute atomic E-state index is 0.306. The Morgan fingerprint density at radius 1 is 1.47 bits per heavy atom. The van der Waals surface area contributed by atoms with Gasteiger partial charge in [-0.25, -0.2) is 4.98 Å². The molecule has 0 radical (unpaired) electrons. The Bertz CT molecular complexity index is 553. The zero-order valence-electron chi connectivity index (χ0n) is 11.3. The number of nitrogens with zero attached hydrogens (tertiary/aromatic N) is 2. The summed E-state index contributed by atoms with van der Waals surface area (Å²) >= 11 is 1.70. The molecule has 4 nitrogen and oxygen atoms in total. The molecule has 0 saturated carbocycles. The highest BCUT2D eigenvalue weighted by Gasteiger charge is 2.26. The van der Waals surface area contributed by atoms with E-state index in [4.69, 9.17) is 10.2 Å². The fourth-order valence-electron chi connectivity index (χ4n) is 2.49. The predicted molar refractivity (Wildman–Crippen MR) is 77.0 cm³/mol. The van der Waals surface area contributed by atoms with E-state index in [0.717, 1.165) is 36.2 Å². The van der Waals surface area contributed by atoms with Gasteiger partial charge in [-0.1, -0.05) is 6.92 Å². The van der Waals surface area contributed by atoms with E-state index in [1.165, 1.54) is 4.88 Å². The fourth-order valence-corrected chi connectivity index (χ4v) is 3.41. The van der Waals surface area contributed by atoms with Crippen LogP contribution in [0, 0.1) is 12.8 Å². The van der Waals surface area contributed by atoms with Crippen LogP contribution in [-0.2, 0) is 6.54 Å². The molecule has 3 heterocycles. The number of hydrogen-bond donors (Lipinski definition) is 1. The van der Waals surface area contributed by atoms with Crippen LogP contribution in [0.3, 0.4) is 0 Å². The molecular formula is C14H19N3OS. The summed E-state index contributed by atoms with van der Waals surface area (Å²) in [5.74, 6) is 2.37. The van der Waals surface area contributed by atoms with Gasteiger partial charge in [0.1, 0.15) is 5.76 Å². The molecule has 0 amide bonds. The summed E-state index contributed by atoms with van der Waals surface area (Å²) in [4.78, 5) is 8.12. The number of rotatable bonds is 3. The maximum absolute atomic E-state index is 6.05. The summed E-state index contributed by atoms with van der Waals surface area (Å²) in [5, 5.41) is 0.958. The molecule has 2 N–H and O–H groups in total. The smallest absolute Gasteiger partial charge is 0.162 e. The van der Waals surface area contributed by atoms with Crippen LogP contribution in [-0.4, -0.2) is 29.0 Å². The topological polar surface area (TPSA) is 55.3 Å². The van der Waals surface area contributed by atoms with E-state index < -0.39 is 0 Å². The zero-order valence-corrected chi connectivity index (χ0v) is 12.1. The monoisotopic (exact) mass is 277 g/mol. The van der Waals surface area contributed by atoms with Crippen molar-refractivity contribution in [2.75, 3.05) is 13.1 Å². The average molecular weight is 277 g/mol. The lowest BCUT2D eigenvalue weighted by Crippen LogP contribution is -2.28. The number of hydrogen-bond acceptors (Lipinski definition) is 5. The lowest BCUT2D eigenvalue weighted by molar-refractivity contribution is 0.321. The van der Waals surface area contributed by atoms with Gasteiger partial charge in [0, 0.05) is 36.8 Å². The SMILES string of the molecule is Cc1ccc(-c2ncc(CN3CC(C)C(N)C3)s2)o1. The van der Waals surface area contributed by atoms with Gasteiger partial charge >= 0.3 is 0 Å². The van der Waals surface area contributed by atoms with E-state index in [-0.39, 0.29) is 0 Å². The summed E-state index contributed by atoms with van der Waals surface area (Å²) < 4.78 is 5.60. The second-order valence-corrected chi connectivity index (χ2v) is 6.49. The third-order valence-corrected chi connectivity index (χ3v) is 4.63. The molecule has 2 unspecified atom stereocenters. The van der Waals surface area contributed by atoms with Gasteiger partial charge < -0.3 is 10.2 Å². The molecule has 19 heavy (non-hydrogen) atoms. The summed E-state index contributed by atoms with van der Waals surface area (Å²) in [7, 11) is 0. The fraction of sp³-hybridized carbons (Fsp3) is 0.500. The molecule has 0 spiro atoms. The predicted octanol–water partition coefficient (Wildman–Crippen LogP) is 2.49. The molecule has 0 bridgehead atoms. The number of likely N-dealkylation sites (tertiary alicyclic amines) is 1. The zero-order chi connectivity index (χ0) is 13.4. The van der Waals surface area contributed by atoms with Gasteiger partial charge in [-0.15, -0.1) is 11.3 Å². The van der Waals surface area contributed by atoms with Crippen LogP contribution in [0.1, 0.15) is 17.6 Å². The van der Waals surface area contributed by atoms with Crippen molar-refractivity contribution in [3.05, 3.63) is 29.0 Å². The first-order valence-corrected chi connectivity index (χ1v) is 7.43. The van der Waals surface area contributed by atoms with Crippen LogP contribution < -0.4 is 5.73 Å². The normalized spacial score (nSPS) is 24.2. The van der Waals surface area contributed by atoms with Gasteiger partial charge in [0.25, 0.3) is 0 Å². The third kappa shape index (κ3) is 2.73. The largest absolute Gasteiger partial charge is 0.459 e. The van der Waals surface area contributed by atoms with Crippen LogP contribution in [0.4, 0.5) is 0 Å². The molecule has 2 atom stereocenters. The summed E-state index contributed by atoms with van der Waals surface area (Å²) in [6, 6.07) is 4.25. The number of nitrogens with two attached hydrogens (primary N) is 1. The first-order chi connectivity index (χ1) is 9.11. The second-order valence-electron chi connectivity index (χ2n) is 5.38. The Kier molecular flexibility index (Phi) is 3.43. The summed E-state index contributed by atoms with van der Waals surface area (Å²) in [6.07, 6.45) is 1.95. The summed E-state index contributed by atoms with van der Waals surface area (Å²) in [5.41, 5.74) is 6.05. The molecular weight excluding hydrogens is 258 g/mol. The Hall–Kier alpha value is -1.17. The van der Waals surface area contributed by atoms with Crippen molar-refractivity contribution >= 4 is 11.3 Å². The van der Waals surface area contributed by atoms with Crippen molar-refractivity contribution in [2.45, 2.75) is 26.4 Å². The highest BCUT2D eigenvalue weighted by atomic mass is 32.1. The molecule has 5 heteroatoms. The van der Waals surface area contributed by atoms with E-state index in [1.807, 2.05) is 25.3 Å². The van der Waals surface area contributed by atoms with Gasteiger partial charge in [0.05, 0.1) is 0 Å². The van der Waals surface area contributed by atoms with Crippen molar-refractivity contribution in [1.29, 1.82) is 0 Å². The minimum Gasteiger partial charge on any atom is -0.459 e. The van der Waals surface area contributed by atoms with Gasteiger partial charge in [-0.05, 0) is 25.0 Å². The lowest BCUT2D eigenvalue weighted by Gasteiger charge is -2.12. The van der Waals surface area contributed by atoms with Gasteiger partial charge in [0.15, 0.2) is 10.8 Å². The molecule has 1 fully saturated rings. The van der Waals surface area contributed by atoms with E-state index in [1.54, 1.807) is 11.3 Å². The molecule has 102 valence electrons. The molecule has 2 aromatic heterocycles. The molecule has 2 aromatic rings. The molecule has 0 aromatic carbocycles. The lowest BCUT2D eigenvalue weighted by atomic mass is 10.1. The van der Waals surface area contributed by atoms with Gasteiger partial charge in [0.2, 0.25) is 0 Å². The summed E-state index contributed by atoms with van der Waals surface area (Å²) in [6.45, 7) is 7.16. The molecule has 3 rings (SSSR count). The Morgan fingerprint density at radius 3 is 2.95 bits per heavy atom. The quantitative estimate of drug-likeness (QED) is 0.936. The average Bonchev–Trinajstić information content (AvgIpc) is 3.03. The third-order valence-electron chi connectivity index (χ3n) is 3.63. The number of aromatic nitrogens is 1.